The molecule has 0 atom stereocenters. The SMILES string of the molecule is Nc1nc(CSc2nnc(-c3ccco3)n2-c2ccccc2)nc(Nc2ccc(F)cc2)n1. The van der Waals surface area contributed by atoms with E-state index in [2.05, 4.69) is 30.5 Å². The van der Waals surface area contributed by atoms with Crippen LogP contribution in [-0.4, -0.2) is 29.7 Å². The minimum Gasteiger partial charge on any atom is -0.461 e. The van der Waals surface area contributed by atoms with Crippen molar-refractivity contribution < 1.29 is 8.81 Å². The van der Waals surface area contributed by atoms with Crippen molar-refractivity contribution in [2.45, 2.75) is 10.9 Å². The summed E-state index contributed by atoms with van der Waals surface area (Å²) in [6.07, 6.45) is 1.59. The van der Waals surface area contributed by atoms with Crippen molar-refractivity contribution in [1.29, 1.82) is 0 Å². The van der Waals surface area contributed by atoms with Gasteiger partial charge in [-0.1, -0.05) is 30.0 Å². The Kier molecular flexibility index (Phi) is 5.68. The van der Waals surface area contributed by atoms with Crippen molar-refractivity contribution in [3.63, 3.8) is 0 Å². The van der Waals surface area contributed by atoms with E-state index in [1.165, 1.54) is 23.9 Å². The van der Waals surface area contributed by atoms with Crippen molar-refractivity contribution in [1.82, 2.24) is 29.7 Å². The molecule has 3 N–H and O–H groups in total. The summed E-state index contributed by atoms with van der Waals surface area (Å²) in [4.78, 5) is 12.7. The quantitative estimate of drug-likeness (QED) is 0.339. The van der Waals surface area contributed by atoms with Crippen molar-refractivity contribution in [3.05, 3.63) is 84.6 Å². The molecule has 11 heteroatoms. The normalized spacial score (nSPS) is 10.9. The van der Waals surface area contributed by atoms with E-state index in [1.54, 1.807) is 24.5 Å². The first-order valence-corrected chi connectivity index (χ1v) is 10.8. The van der Waals surface area contributed by atoms with Crippen molar-refractivity contribution in [3.8, 4) is 17.3 Å². The Hall–Kier alpha value is -4.25. The number of hydrogen-bond acceptors (Lipinski definition) is 9. The Morgan fingerprint density at radius 3 is 2.52 bits per heavy atom. The number of para-hydroxylation sites is 1. The highest BCUT2D eigenvalue weighted by atomic mass is 32.2. The molecule has 0 aliphatic heterocycles. The molecule has 33 heavy (non-hydrogen) atoms. The van der Waals surface area contributed by atoms with Gasteiger partial charge in [0.1, 0.15) is 11.6 Å². The van der Waals surface area contributed by atoms with Gasteiger partial charge in [0.05, 0.1) is 12.0 Å². The van der Waals surface area contributed by atoms with E-state index >= 15 is 0 Å². The second kappa shape index (κ2) is 9.09. The van der Waals surface area contributed by atoms with Crippen LogP contribution in [0.3, 0.4) is 0 Å². The van der Waals surface area contributed by atoms with Gasteiger partial charge in [0.25, 0.3) is 0 Å². The number of anilines is 3. The number of halogens is 1. The molecule has 9 nitrogen and oxygen atoms in total. The van der Waals surface area contributed by atoms with Crippen molar-refractivity contribution in [2.24, 2.45) is 0 Å². The molecule has 164 valence electrons. The number of rotatable bonds is 7. The van der Waals surface area contributed by atoms with E-state index in [0.29, 0.717) is 34.0 Å². The molecule has 0 saturated heterocycles. The Morgan fingerprint density at radius 2 is 1.76 bits per heavy atom. The number of nitrogens with zero attached hydrogens (tertiary/aromatic N) is 6. The maximum absolute atomic E-state index is 13.2. The van der Waals surface area contributed by atoms with Gasteiger partial charge in [0.2, 0.25) is 17.7 Å². The van der Waals surface area contributed by atoms with Gasteiger partial charge in [-0.25, -0.2) is 4.39 Å². The topological polar surface area (TPSA) is 121 Å². The predicted molar refractivity (Wildman–Crippen MR) is 123 cm³/mol. The number of benzene rings is 2. The van der Waals surface area contributed by atoms with Crippen LogP contribution in [0.2, 0.25) is 0 Å². The van der Waals surface area contributed by atoms with Crippen LogP contribution in [-0.2, 0) is 5.75 Å². The molecule has 0 aliphatic carbocycles. The monoisotopic (exact) mass is 460 g/mol. The largest absolute Gasteiger partial charge is 0.461 e. The lowest BCUT2D eigenvalue weighted by Gasteiger charge is -2.09. The minimum absolute atomic E-state index is 0.0750. The average Bonchev–Trinajstić information content (AvgIpc) is 3.49. The summed E-state index contributed by atoms with van der Waals surface area (Å²) in [5.74, 6) is 2.03. The number of hydrogen-bond donors (Lipinski definition) is 2. The standard InChI is InChI=1S/C22H17FN8OS/c23-14-8-10-15(11-9-14)25-21-27-18(26-20(24)28-21)13-33-22-30-29-19(17-7-4-12-32-17)31(22)16-5-2-1-3-6-16/h1-12H,13H2,(H3,24,25,26,27,28). The maximum atomic E-state index is 13.2. The summed E-state index contributed by atoms with van der Waals surface area (Å²) >= 11 is 1.40. The molecule has 0 fully saturated rings. The molecule has 0 unspecified atom stereocenters. The summed E-state index contributed by atoms with van der Waals surface area (Å²) in [5, 5.41) is 12.3. The Labute approximate surface area is 191 Å². The molecular weight excluding hydrogens is 443 g/mol. The lowest BCUT2D eigenvalue weighted by molar-refractivity contribution is 0.575. The first-order valence-electron chi connectivity index (χ1n) is 9.86. The molecule has 0 spiro atoms. The molecule has 0 aliphatic rings. The summed E-state index contributed by atoms with van der Waals surface area (Å²) in [7, 11) is 0. The highest BCUT2D eigenvalue weighted by molar-refractivity contribution is 7.98. The van der Waals surface area contributed by atoms with Crippen LogP contribution in [0.5, 0.6) is 0 Å². The predicted octanol–water partition coefficient (Wildman–Crippen LogP) is 4.47. The van der Waals surface area contributed by atoms with Crippen LogP contribution >= 0.6 is 11.8 Å². The Morgan fingerprint density at radius 1 is 0.939 bits per heavy atom. The molecule has 0 saturated carbocycles. The molecular formula is C22H17FN8OS. The highest BCUT2D eigenvalue weighted by Gasteiger charge is 2.18. The fourth-order valence-electron chi connectivity index (χ4n) is 3.09. The number of nitrogens with one attached hydrogen (secondary N) is 1. The zero-order chi connectivity index (χ0) is 22.6. The van der Waals surface area contributed by atoms with Gasteiger partial charge in [0, 0.05) is 11.4 Å². The van der Waals surface area contributed by atoms with Crippen molar-refractivity contribution >= 4 is 29.3 Å². The van der Waals surface area contributed by atoms with E-state index in [1.807, 2.05) is 41.0 Å². The maximum Gasteiger partial charge on any atom is 0.232 e. The van der Waals surface area contributed by atoms with Gasteiger partial charge in [-0.15, -0.1) is 10.2 Å². The molecule has 5 aromatic rings. The molecule has 0 radical (unpaired) electrons. The third-order valence-electron chi connectivity index (χ3n) is 4.52. The first kappa shape index (κ1) is 20.6. The second-order valence-corrected chi connectivity index (χ2v) is 7.75. The molecule has 0 bridgehead atoms. The van der Waals surface area contributed by atoms with Crippen LogP contribution in [0.15, 0.2) is 82.6 Å². The molecule has 3 heterocycles. The molecule has 2 aromatic carbocycles. The van der Waals surface area contributed by atoms with Gasteiger partial charge in [0.15, 0.2) is 10.9 Å². The summed E-state index contributed by atoms with van der Waals surface area (Å²) in [6.45, 7) is 0. The fourth-order valence-corrected chi connectivity index (χ4v) is 3.90. The van der Waals surface area contributed by atoms with Crippen LogP contribution in [0, 0.1) is 5.82 Å². The summed E-state index contributed by atoms with van der Waals surface area (Å²) in [6, 6.07) is 19.2. The third-order valence-corrected chi connectivity index (χ3v) is 5.44. The average molecular weight is 460 g/mol. The fraction of sp³-hybridized carbons (Fsp3) is 0.0455. The van der Waals surface area contributed by atoms with Gasteiger partial charge < -0.3 is 15.5 Å². The van der Waals surface area contributed by atoms with Gasteiger partial charge in [-0.3, -0.25) is 4.57 Å². The number of furan rings is 1. The van der Waals surface area contributed by atoms with Crippen molar-refractivity contribution in [2.75, 3.05) is 11.1 Å². The van der Waals surface area contributed by atoms with E-state index < -0.39 is 0 Å². The van der Waals surface area contributed by atoms with Gasteiger partial charge in [-0.05, 0) is 48.5 Å². The van der Waals surface area contributed by atoms with Gasteiger partial charge >= 0.3 is 0 Å². The van der Waals surface area contributed by atoms with Gasteiger partial charge in [-0.2, -0.15) is 15.0 Å². The third kappa shape index (κ3) is 4.67. The Bertz CT molecular complexity index is 1360. The molecule has 0 amide bonds. The van der Waals surface area contributed by atoms with E-state index in [-0.39, 0.29) is 17.7 Å². The van der Waals surface area contributed by atoms with E-state index in [9.17, 15) is 4.39 Å². The highest BCUT2D eigenvalue weighted by Crippen LogP contribution is 2.29. The lowest BCUT2D eigenvalue weighted by Crippen LogP contribution is -2.07. The van der Waals surface area contributed by atoms with Crippen LogP contribution < -0.4 is 11.1 Å². The molecule has 5 rings (SSSR count). The summed E-state index contributed by atoms with van der Waals surface area (Å²) in [5.41, 5.74) is 7.40. The second-order valence-electron chi connectivity index (χ2n) is 6.81. The molecule has 3 aromatic heterocycles. The van der Waals surface area contributed by atoms with Crippen LogP contribution in [0.25, 0.3) is 17.3 Å². The van der Waals surface area contributed by atoms with Crippen LogP contribution in [0.1, 0.15) is 5.82 Å². The zero-order valence-electron chi connectivity index (χ0n) is 17.1. The smallest absolute Gasteiger partial charge is 0.232 e. The first-order chi connectivity index (χ1) is 16.2. The summed E-state index contributed by atoms with van der Waals surface area (Å²) < 4.78 is 20.6. The number of nitrogens with two attached hydrogens (primary N) is 1. The van der Waals surface area contributed by atoms with E-state index in [0.717, 1.165) is 5.69 Å². The zero-order valence-corrected chi connectivity index (χ0v) is 17.9. The number of thioether (sulfide) groups is 1. The lowest BCUT2D eigenvalue weighted by atomic mass is 10.3. The minimum atomic E-state index is -0.329. The van der Waals surface area contributed by atoms with E-state index in [4.69, 9.17) is 10.2 Å². The number of nitrogen functional groups attached to an aromatic ring is 1. The van der Waals surface area contributed by atoms with Crippen LogP contribution in [0.4, 0.5) is 22.0 Å². The Balaban J connectivity index is 1.41. The number of aromatic nitrogens is 6.